The molecule has 3 amide bonds. The zero-order valence-corrected chi connectivity index (χ0v) is 15.5. The fraction of sp³-hybridized carbons (Fsp3) is 0.556. The number of hydrogen-bond donors (Lipinski definition) is 0. The molecule has 0 atom stereocenters. The number of rotatable bonds is 4. The second-order valence-corrected chi connectivity index (χ2v) is 6.51. The summed E-state index contributed by atoms with van der Waals surface area (Å²) in [5, 5.41) is 0. The molecule has 0 aromatic carbocycles. The Bertz CT molecular complexity index is 682. The highest BCUT2D eigenvalue weighted by atomic mass is 16.6. The third kappa shape index (κ3) is 4.47. The summed E-state index contributed by atoms with van der Waals surface area (Å²) in [6.07, 6.45) is 2.18. The predicted molar refractivity (Wildman–Crippen MR) is 98.6 cm³/mol. The molecule has 1 aromatic rings. The molecule has 2 saturated heterocycles. The van der Waals surface area contributed by atoms with Gasteiger partial charge in [-0.05, 0) is 19.1 Å². The van der Waals surface area contributed by atoms with Crippen LogP contribution in [0, 0.1) is 0 Å². The van der Waals surface area contributed by atoms with E-state index in [1.54, 1.807) is 40.0 Å². The molecule has 27 heavy (non-hydrogen) atoms. The van der Waals surface area contributed by atoms with Gasteiger partial charge in [0.15, 0.2) is 0 Å². The van der Waals surface area contributed by atoms with Crippen LogP contribution in [-0.2, 0) is 9.53 Å². The topological polar surface area (TPSA) is 86.3 Å². The number of ether oxygens (including phenoxy) is 1. The second-order valence-electron chi connectivity index (χ2n) is 6.51. The van der Waals surface area contributed by atoms with Crippen LogP contribution in [0.15, 0.2) is 18.3 Å². The third-order valence-corrected chi connectivity index (χ3v) is 4.87. The van der Waals surface area contributed by atoms with Gasteiger partial charge in [0.2, 0.25) is 6.41 Å². The van der Waals surface area contributed by atoms with Crippen molar-refractivity contribution >= 4 is 24.2 Å². The van der Waals surface area contributed by atoms with Crippen LogP contribution in [0.5, 0.6) is 0 Å². The molecule has 146 valence electrons. The number of nitrogens with zero attached hydrogens (tertiary/aromatic N) is 5. The van der Waals surface area contributed by atoms with E-state index in [1.807, 2.05) is 0 Å². The summed E-state index contributed by atoms with van der Waals surface area (Å²) in [5.41, 5.74) is 0.586. The number of hydrogen-bond acceptors (Lipinski definition) is 6. The lowest BCUT2D eigenvalue weighted by atomic mass is 10.2. The number of carbonyl (C=O) groups is 3. The minimum Gasteiger partial charge on any atom is -0.450 e. The van der Waals surface area contributed by atoms with Gasteiger partial charge in [-0.2, -0.15) is 0 Å². The van der Waals surface area contributed by atoms with Crippen molar-refractivity contribution in [1.82, 2.24) is 19.7 Å². The van der Waals surface area contributed by atoms with Crippen LogP contribution >= 0.6 is 0 Å². The minimum absolute atomic E-state index is 0.0614. The highest BCUT2D eigenvalue weighted by Crippen LogP contribution is 2.17. The van der Waals surface area contributed by atoms with Crippen molar-refractivity contribution < 1.29 is 19.1 Å². The Morgan fingerprint density at radius 2 is 1.74 bits per heavy atom. The van der Waals surface area contributed by atoms with E-state index in [-0.39, 0.29) is 12.0 Å². The molecule has 0 radical (unpaired) electrons. The molecule has 3 rings (SSSR count). The van der Waals surface area contributed by atoms with Gasteiger partial charge in [-0.15, -0.1) is 0 Å². The van der Waals surface area contributed by atoms with Crippen molar-refractivity contribution in [3.63, 3.8) is 0 Å². The molecular formula is C18H25N5O4. The van der Waals surface area contributed by atoms with Crippen LogP contribution in [0.2, 0.25) is 0 Å². The molecule has 0 unspecified atom stereocenters. The second kappa shape index (κ2) is 8.70. The Kier molecular flexibility index (Phi) is 6.10. The molecule has 9 heteroatoms. The number of carbonyl (C=O) groups excluding carboxylic acids is 3. The lowest BCUT2D eigenvalue weighted by Crippen LogP contribution is -2.50. The fourth-order valence-electron chi connectivity index (χ4n) is 3.27. The summed E-state index contributed by atoms with van der Waals surface area (Å²) in [4.78, 5) is 47.0. The molecule has 2 aliphatic heterocycles. The average molecular weight is 375 g/mol. The third-order valence-electron chi connectivity index (χ3n) is 4.87. The number of pyridine rings is 1. The average Bonchev–Trinajstić information content (AvgIpc) is 2.73. The van der Waals surface area contributed by atoms with Gasteiger partial charge in [-0.3, -0.25) is 9.59 Å². The molecule has 0 spiro atoms. The van der Waals surface area contributed by atoms with Gasteiger partial charge in [0.25, 0.3) is 5.91 Å². The molecule has 9 nitrogen and oxygen atoms in total. The lowest BCUT2D eigenvalue weighted by Gasteiger charge is -2.35. The fourth-order valence-corrected chi connectivity index (χ4v) is 3.27. The minimum atomic E-state index is -0.328. The molecule has 3 heterocycles. The summed E-state index contributed by atoms with van der Waals surface area (Å²) in [5.74, 6) is 0.685. The van der Waals surface area contributed by atoms with Crippen LogP contribution in [0.3, 0.4) is 0 Å². The Labute approximate surface area is 158 Å². The van der Waals surface area contributed by atoms with E-state index in [2.05, 4.69) is 9.88 Å². The molecule has 2 fully saturated rings. The number of aromatic nitrogens is 1. The first kappa shape index (κ1) is 18.9. The van der Waals surface area contributed by atoms with Gasteiger partial charge in [-0.25, -0.2) is 9.78 Å². The van der Waals surface area contributed by atoms with Crippen LogP contribution in [0.1, 0.15) is 17.3 Å². The highest BCUT2D eigenvalue weighted by Gasteiger charge is 2.26. The highest BCUT2D eigenvalue weighted by molar-refractivity contribution is 5.95. The van der Waals surface area contributed by atoms with Crippen molar-refractivity contribution in [1.29, 1.82) is 0 Å². The van der Waals surface area contributed by atoms with E-state index < -0.39 is 0 Å². The molecule has 0 aliphatic carbocycles. The Hall–Kier alpha value is -2.84. The maximum atomic E-state index is 12.8. The van der Waals surface area contributed by atoms with E-state index in [1.165, 1.54) is 0 Å². The van der Waals surface area contributed by atoms with Gasteiger partial charge in [0, 0.05) is 64.1 Å². The van der Waals surface area contributed by atoms with E-state index in [4.69, 9.17) is 4.74 Å². The molecular weight excluding hydrogens is 350 g/mol. The Morgan fingerprint density at radius 3 is 2.37 bits per heavy atom. The van der Waals surface area contributed by atoms with Crippen LogP contribution < -0.4 is 4.90 Å². The zero-order chi connectivity index (χ0) is 19.2. The van der Waals surface area contributed by atoms with E-state index in [9.17, 15) is 14.4 Å². The van der Waals surface area contributed by atoms with E-state index in [0.29, 0.717) is 64.5 Å². The van der Waals surface area contributed by atoms with Crippen molar-refractivity contribution in [2.24, 2.45) is 0 Å². The van der Waals surface area contributed by atoms with Gasteiger partial charge in [-0.1, -0.05) is 0 Å². The SMILES string of the molecule is CCOC(=O)N1CCN(C(=O)c2ccnc(N3CCN(C=O)CC3)c2)CC1. The Balaban J connectivity index is 1.59. The summed E-state index contributed by atoms with van der Waals surface area (Å²) in [7, 11) is 0. The van der Waals surface area contributed by atoms with Crippen LogP contribution in [0.4, 0.5) is 10.6 Å². The standard InChI is InChI=1S/C18H25N5O4/c1-2-27-18(26)23-11-9-22(10-12-23)17(25)15-3-4-19-16(13-15)21-7-5-20(14-24)6-8-21/h3-4,13-14H,2,5-12H2,1H3. The monoisotopic (exact) mass is 375 g/mol. The number of piperazine rings is 2. The van der Waals surface area contributed by atoms with Crippen molar-refractivity contribution in [3.05, 3.63) is 23.9 Å². The maximum absolute atomic E-state index is 12.8. The first-order chi connectivity index (χ1) is 13.1. The molecule has 0 saturated carbocycles. The summed E-state index contributed by atoms with van der Waals surface area (Å²) < 4.78 is 5.00. The van der Waals surface area contributed by atoms with Crippen LogP contribution in [0.25, 0.3) is 0 Å². The summed E-state index contributed by atoms with van der Waals surface area (Å²) >= 11 is 0. The van der Waals surface area contributed by atoms with Gasteiger partial charge >= 0.3 is 6.09 Å². The van der Waals surface area contributed by atoms with Gasteiger partial charge in [0.05, 0.1) is 6.61 Å². The van der Waals surface area contributed by atoms with Crippen molar-refractivity contribution in [2.45, 2.75) is 6.92 Å². The molecule has 1 aromatic heterocycles. The quantitative estimate of drug-likeness (QED) is 0.703. The molecule has 0 bridgehead atoms. The lowest BCUT2D eigenvalue weighted by molar-refractivity contribution is -0.118. The smallest absolute Gasteiger partial charge is 0.409 e. The van der Waals surface area contributed by atoms with Gasteiger partial charge in [0.1, 0.15) is 5.82 Å². The van der Waals surface area contributed by atoms with Crippen molar-refractivity contribution in [3.8, 4) is 0 Å². The number of amides is 3. The van der Waals surface area contributed by atoms with E-state index in [0.717, 1.165) is 12.2 Å². The zero-order valence-electron chi connectivity index (χ0n) is 15.5. The molecule has 2 aliphatic rings. The number of anilines is 1. The predicted octanol–water partition coefficient (Wildman–Crippen LogP) is 0.274. The Morgan fingerprint density at radius 1 is 1.07 bits per heavy atom. The first-order valence-electron chi connectivity index (χ1n) is 9.23. The summed E-state index contributed by atoms with van der Waals surface area (Å²) in [6, 6.07) is 3.52. The van der Waals surface area contributed by atoms with Gasteiger partial charge < -0.3 is 24.3 Å². The normalized spacial score (nSPS) is 17.7. The first-order valence-corrected chi connectivity index (χ1v) is 9.23. The van der Waals surface area contributed by atoms with Crippen LogP contribution in [-0.4, -0.2) is 97.1 Å². The van der Waals surface area contributed by atoms with Crippen molar-refractivity contribution in [2.75, 3.05) is 63.9 Å². The molecule has 0 N–H and O–H groups in total. The largest absolute Gasteiger partial charge is 0.450 e. The summed E-state index contributed by atoms with van der Waals surface area (Å²) in [6.45, 7) is 6.71. The maximum Gasteiger partial charge on any atom is 0.409 e. The van der Waals surface area contributed by atoms with E-state index >= 15 is 0 Å².